The lowest BCUT2D eigenvalue weighted by atomic mass is 10.0. The molecule has 1 heterocycles. The molecule has 43 heavy (non-hydrogen) atoms. The molecule has 1 aromatic heterocycles. The number of allylic oxidation sites excluding steroid dienone is 2. The molecule has 5 heteroatoms. The average molecular weight is 559 g/mol. The molecule has 0 fully saturated rings. The molecule has 1 unspecified atom stereocenters. The average Bonchev–Trinajstić information content (AvgIpc) is 3.59. The predicted octanol–water partition coefficient (Wildman–Crippen LogP) is 9.90. The lowest BCUT2D eigenvalue weighted by Crippen LogP contribution is -2.29. The van der Waals surface area contributed by atoms with E-state index in [1.165, 1.54) is 5.69 Å². The molecule has 6 aromatic rings. The maximum absolute atomic E-state index is 6.09. The highest BCUT2D eigenvalue weighted by molar-refractivity contribution is 5.80. The van der Waals surface area contributed by atoms with Gasteiger partial charge in [0.25, 0.3) is 0 Å². The first kappa shape index (κ1) is 26.2. The van der Waals surface area contributed by atoms with Crippen molar-refractivity contribution in [3.05, 3.63) is 164 Å². The van der Waals surface area contributed by atoms with E-state index in [0.717, 1.165) is 40.3 Å². The number of para-hydroxylation sites is 2. The largest absolute Gasteiger partial charge is 0.416 e. The fourth-order valence-electron chi connectivity index (χ4n) is 5.48. The van der Waals surface area contributed by atoms with E-state index in [1.807, 2.05) is 48.5 Å². The summed E-state index contributed by atoms with van der Waals surface area (Å²) in [6.07, 6.45) is 9.70. The van der Waals surface area contributed by atoms with E-state index in [0.29, 0.717) is 11.8 Å². The third-order valence-electron chi connectivity index (χ3n) is 7.52. The van der Waals surface area contributed by atoms with Gasteiger partial charge in [-0.1, -0.05) is 85.0 Å². The van der Waals surface area contributed by atoms with Gasteiger partial charge in [-0.15, -0.1) is 10.2 Å². The molecular weight excluding hydrogens is 528 g/mol. The van der Waals surface area contributed by atoms with Crippen LogP contribution >= 0.6 is 0 Å². The molecule has 208 valence electrons. The smallest absolute Gasteiger partial charge is 0.248 e. The minimum atomic E-state index is 0.246. The van der Waals surface area contributed by atoms with Crippen LogP contribution in [0.15, 0.2) is 168 Å². The molecule has 0 saturated carbocycles. The normalized spacial score (nSPS) is 14.0. The van der Waals surface area contributed by atoms with Crippen molar-refractivity contribution in [2.24, 2.45) is 0 Å². The fraction of sp³-hybridized carbons (Fsp3) is 0.0526. The van der Waals surface area contributed by atoms with Crippen molar-refractivity contribution < 1.29 is 4.42 Å². The van der Waals surface area contributed by atoms with Gasteiger partial charge in [0.15, 0.2) is 0 Å². The highest BCUT2D eigenvalue weighted by atomic mass is 16.4. The second-order valence-electron chi connectivity index (χ2n) is 10.3. The first-order chi connectivity index (χ1) is 21.3. The Balaban J connectivity index is 1.25. The van der Waals surface area contributed by atoms with E-state index >= 15 is 0 Å². The van der Waals surface area contributed by atoms with Crippen LogP contribution in [0.5, 0.6) is 0 Å². The van der Waals surface area contributed by atoms with Crippen molar-refractivity contribution >= 4 is 28.4 Å². The van der Waals surface area contributed by atoms with Gasteiger partial charge in [-0.2, -0.15) is 0 Å². The van der Waals surface area contributed by atoms with Crippen LogP contribution in [0.2, 0.25) is 0 Å². The Bertz CT molecular complexity index is 1850. The Morgan fingerprint density at radius 2 is 1.05 bits per heavy atom. The first-order valence-electron chi connectivity index (χ1n) is 14.5. The third kappa shape index (κ3) is 5.61. The molecule has 5 aromatic carbocycles. The van der Waals surface area contributed by atoms with E-state index in [4.69, 9.17) is 4.42 Å². The number of aromatic nitrogens is 2. The van der Waals surface area contributed by atoms with E-state index in [2.05, 4.69) is 135 Å². The second kappa shape index (κ2) is 12.0. The molecule has 0 spiro atoms. The van der Waals surface area contributed by atoms with Gasteiger partial charge in [-0.3, -0.25) is 0 Å². The van der Waals surface area contributed by atoms with Crippen LogP contribution in [0.25, 0.3) is 22.9 Å². The summed E-state index contributed by atoms with van der Waals surface area (Å²) in [5.41, 5.74) is 7.17. The van der Waals surface area contributed by atoms with E-state index < -0.39 is 0 Å². The summed E-state index contributed by atoms with van der Waals surface area (Å²) >= 11 is 0. The molecular formula is C38H30N4O. The standard InChI is InChI=1S/C38H30N4O/c1-5-14-29(15-6-1)37-39-40-38(43-37)30-16-13-23-36(28-30)42(33-21-11-4-12-22-33)35-26-24-34(25-27-35)41(31-17-7-2-8-18-31)32-19-9-3-10-20-32/h1-19,21-28,32H,20H2. The number of hydrogen-bond acceptors (Lipinski definition) is 5. The quantitative estimate of drug-likeness (QED) is 0.186. The van der Waals surface area contributed by atoms with E-state index in [1.54, 1.807) is 0 Å². The van der Waals surface area contributed by atoms with Crippen LogP contribution in [0.3, 0.4) is 0 Å². The fourth-order valence-corrected chi connectivity index (χ4v) is 5.48. The third-order valence-corrected chi connectivity index (χ3v) is 7.52. The van der Waals surface area contributed by atoms with Gasteiger partial charge in [0, 0.05) is 39.6 Å². The van der Waals surface area contributed by atoms with Crippen molar-refractivity contribution in [2.75, 3.05) is 9.80 Å². The molecule has 0 N–H and O–H groups in total. The first-order valence-corrected chi connectivity index (χ1v) is 14.5. The van der Waals surface area contributed by atoms with Crippen molar-refractivity contribution in [2.45, 2.75) is 12.5 Å². The monoisotopic (exact) mass is 558 g/mol. The zero-order valence-corrected chi connectivity index (χ0v) is 23.6. The molecule has 0 saturated heterocycles. The summed E-state index contributed by atoms with van der Waals surface area (Å²) in [5, 5.41) is 8.66. The topological polar surface area (TPSA) is 45.4 Å². The van der Waals surface area contributed by atoms with E-state index in [-0.39, 0.29) is 6.04 Å². The summed E-state index contributed by atoms with van der Waals surface area (Å²) in [4.78, 5) is 4.65. The van der Waals surface area contributed by atoms with Crippen LogP contribution in [0.1, 0.15) is 6.42 Å². The highest BCUT2D eigenvalue weighted by Gasteiger charge is 2.20. The molecule has 0 bridgehead atoms. The van der Waals surface area contributed by atoms with Gasteiger partial charge in [-0.05, 0) is 85.3 Å². The minimum absolute atomic E-state index is 0.246. The van der Waals surface area contributed by atoms with Crippen LogP contribution in [0, 0.1) is 0 Å². The zero-order chi connectivity index (χ0) is 28.8. The molecule has 1 aliphatic rings. The Morgan fingerprint density at radius 3 is 1.72 bits per heavy atom. The number of benzene rings is 5. The van der Waals surface area contributed by atoms with Gasteiger partial charge in [0.05, 0.1) is 6.04 Å². The Kier molecular flexibility index (Phi) is 7.35. The Morgan fingerprint density at radius 1 is 0.512 bits per heavy atom. The molecule has 0 aliphatic heterocycles. The summed E-state index contributed by atoms with van der Waals surface area (Å²) < 4.78 is 6.09. The number of anilines is 5. The molecule has 1 aliphatic carbocycles. The molecule has 0 radical (unpaired) electrons. The zero-order valence-electron chi connectivity index (χ0n) is 23.6. The van der Waals surface area contributed by atoms with Gasteiger partial charge < -0.3 is 14.2 Å². The van der Waals surface area contributed by atoms with Crippen molar-refractivity contribution in [1.29, 1.82) is 0 Å². The molecule has 7 rings (SSSR count). The summed E-state index contributed by atoms with van der Waals surface area (Å²) in [6.45, 7) is 0. The molecule has 5 nitrogen and oxygen atoms in total. The number of rotatable bonds is 8. The maximum Gasteiger partial charge on any atom is 0.248 e. The minimum Gasteiger partial charge on any atom is -0.416 e. The summed E-state index contributed by atoms with van der Waals surface area (Å²) in [6, 6.07) is 48.1. The number of hydrogen-bond donors (Lipinski definition) is 0. The van der Waals surface area contributed by atoms with E-state index in [9.17, 15) is 0 Å². The summed E-state index contributed by atoms with van der Waals surface area (Å²) in [5.74, 6) is 0.986. The predicted molar refractivity (Wildman–Crippen MR) is 175 cm³/mol. The number of nitrogens with zero attached hydrogens (tertiary/aromatic N) is 4. The van der Waals surface area contributed by atoms with Gasteiger partial charge >= 0.3 is 0 Å². The lowest BCUT2D eigenvalue weighted by Gasteiger charge is -2.33. The van der Waals surface area contributed by atoms with Crippen molar-refractivity contribution in [3.8, 4) is 22.9 Å². The summed E-state index contributed by atoms with van der Waals surface area (Å²) in [7, 11) is 0. The highest BCUT2D eigenvalue weighted by Crippen LogP contribution is 2.39. The molecule has 0 amide bonds. The molecule has 1 atom stereocenters. The Hall–Kier alpha value is -5.68. The maximum atomic E-state index is 6.09. The van der Waals surface area contributed by atoms with Crippen molar-refractivity contribution in [1.82, 2.24) is 10.2 Å². The second-order valence-corrected chi connectivity index (χ2v) is 10.3. The van der Waals surface area contributed by atoms with Crippen LogP contribution in [0.4, 0.5) is 28.4 Å². The van der Waals surface area contributed by atoms with Crippen LogP contribution in [-0.4, -0.2) is 16.2 Å². The van der Waals surface area contributed by atoms with Crippen LogP contribution < -0.4 is 9.80 Å². The van der Waals surface area contributed by atoms with Gasteiger partial charge in [-0.25, -0.2) is 0 Å². The van der Waals surface area contributed by atoms with Crippen molar-refractivity contribution in [3.63, 3.8) is 0 Å². The lowest BCUT2D eigenvalue weighted by molar-refractivity contribution is 0.584. The SMILES string of the molecule is C1=CCC(N(c2ccccc2)c2ccc(N(c3ccccc3)c3cccc(-c4nnc(-c5ccccc5)o4)c3)cc2)C=C1. The Labute approximate surface area is 251 Å². The van der Waals surface area contributed by atoms with Gasteiger partial charge in [0.1, 0.15) is 0 Å². The van der Waals surface area contributed by atoms with Gasteiger partial charge in [0.2, 0.25) is 11.8 Å². The van der Waals surface area contributed by atoms with Crippen LogP contribution in [-0.2, 0) is 0 Å².